The van der Waals surface area contributed by atoms with Gasteiger partial charge in [0.15, 0.2) is 23.2 Å². The fourth-order valence-corrected chi connectivity index (χ4v) is 3.79. The Hall–Kier alpha value is -3.31. The lowest BCUT2D eigenvalue weighted by Gasteiger charge is -2.23. The molecule has 4 atom stereocenters. The van der Waals surface area contributed by atoms with Gasteiger partial charge in [0.1, 0.15) is 30.4 Å². The first kappa shape index (κ1) is 19.6. The van der Waals surface area contributed by atoms with E-state index in [0.29, 0.717) is 23.5 Å². The van der Waals surface area contributed by atoms with Crippen LogP contribution in [0.25, 0.3) is 11.2 Å². The zero-order valence-corrected chi connectivity index (χ0v) is 16.4. The van der Waals surface area contributed by atoms with Crippen LogP contribution in [-0.2, 0) is 11.3 Å². The second kappa shape index (κ2) is 8.08. The molecule has 4 aromatic rings. The fourth-order valence-electron chi connectivity index (χ4n) is 3.79. The van der Waals surface area contributed by atoms with Crippen molar-refractivity contribution in [3.8, 4) is 0 Å². The Bertz CT molecular complexity index is 1150. The summed E-state index contributed by atoms with van der Waals surface area (Å²) in [6.45, 7) is 0.0103. The Balaban J connectivity index is 1.58. The second-order valence-electron chi connectivity index (χ2n) is 7.25. The van der Waals surface area contributed by atoms with Crippen LogP contribution in [0.3, 0.4) is 0 Å². The molecule has 4 heterocycles. The Morgan fingerprint density at radius 1 is 1.00 bits per heavy atom. The van der Waals surface area contributed by atoms with Crippen molar-refractivity contribution in [2.75, 3.05) is 11.5 Å². The van der Waals surface area contributed by atoms with Gasteiger partial charge in [-0.25, -0.2) is 15.0 Å². The van der Waals surface area contributed by atoms with Crippen molar-refractivity contribution in [3.05, 3.63) is 67.1 Å². The molecule has 3 aromatic heterocycles. The summed E-state index contributed by atoms with van der Waals surface area (Å²) in [4.78, 5) is 15.2. The normalized spacial score (nSPS) is 23.5. The predicted octanol–water partition coefficient (Wildman–Crippen LogP) is 1.37. The van der Waals surface area contributed by atoms with Crippen LogP contribution in [0.2, 0.25) is 0 Å². The van der Waals surface area contributed by atoms with E-state index >= 15 is 0 Å². The van der Waals surface area contributed by atoms with Crippen LogP contribution in [0.4, 0.5) is 11.5 Å². The number of furan rings is 1. The van der Waals surface area contributed by atoms with Crippen LogP contribution in [0.15, 0.2) is 65.8 Å². The molecule has 0 amide bonds. The Kier molecular flexibility index (Phi) is 5.12. The monoisotopic (exact) mass is 423 g/mol. The third-order valence-electron chi connectivity index (χ3n) is 5.35. The van der Waals surface area contributed by atoms with E-state index in [2.05, 4.69) is 15.0 Å². The largest absolute Gasteiger partial charge is 0.467 e. The minimum absolute atomic E-state index is 0.410. The number of anilines is 2. The zero-order valence-electron chi connectivity index (χ0n) is 16.4. The molecule has 0 radical (unpaired) electrons. The van der Waals surface area contributed by atoms with Crippen molar-refractivity contribution in [2.24, 2.45) is 0 Å². The van der Waals surface area contributed by atoms with Crippen LogP contribution in [0, 0.1) is 0 Å². The number of imidazole rings is 1. The first-order valence-corrected chi connectivity index (χ1v) is 9.82. The molecule has 1 fully saturated rings. The third-order valence-corrected chi connectivity index (χ3v) is 5.35. The number of hydrogen-bond donors (Lipinski definition) is 3. The van der Waals surface area contributed by atoms with E-state index < -0.39 is 31.1 Å². The molecule has 1 saturated heterocycles. The lowest BCUT2D eigenvalue weighted by Crippen LogP contribution is -2.33. The molecule has 5 rings (SSSR count). The second-order valence-corrected chi connectivity index (χ2v) is 7.25. The molecule has 0 saturated carbocycles. The maximum absolute atomic E-state index is 10.4. The van der Waals surface area contributed by atoms with E-state index in [1.165, 1.54) is 12.7 Å². The highest BCUT2D eigenvalue weighted by atomic mass is 16.6. The molecule has 160 valence electrons. The average molecular weight is 423 g/mol. The highest BCUT2D eigenvalue weighted by Gasteiger charge is 2.44. The summed E-state index contributed by atoms with van der Waals surface area (Å²) in [5.41, 5.74) is 1.82. The standard InChI is InChI=1S/C21H21N5O5/c27-10-15-17(28)18(29)21(31-15)26-12-24-16-19(22-11-23-20(16)26)25(9-14-7-4-8-30-14)13-5-2-1-3-6-13/h1-8,11-12,15,17-18,21,27-29H,9-10H2/t15-,17-,18+,21-/m1/s1. The first-order valence-electron chi connectivity index (χ1n) is 9.82. The highest BCUT2D eigenvalue weighted by molar-refractivity contribution is 5.86. The predicted molar refractivity (Wildman–Crippen MR) is 109 cm³/mol. The van der Waals surface area contributed by atoms with Gasteiger partial charge in [-0.3, -0.25) is 4.57 Å². The van der Waals surface area contributed by atoms with Gasteiger partial charge >= 0.3 is 0 Å². The summed E-state index contributed by atoms with van der Waals surface area (Å²) in [6, 6.07) is 13.4. The SMILES string of the molecule is OC[C@H]1O[C@@H](n2cnc3c(N(Cc4ccco4)c4ccccc4)ncnc32)[C@@H](O)[C@@H]1O. The van der Waals surface area contributed by atoms with E-state index in [0.717, 1.165) is 11.4 Å². The molecule has 0 spiro atoms. The summed E-state index contributed by atoms with van der Waals surface area (Å²) in [5, 5.41) is 29.9. The molecule has 10 nitrogen and oxygen atoms in total. The molecular formula is C21H21N5O5. The van der Waals surface area contributed by atoms with Crippen LogP contribution >= 0.6 is 0 Å². The number of rotatable bonds is 6. The lowest BCUT2D eigenvalue weighted by atomic mass is 10.1. The maximum Gasteiger partial charge on any atom is 0.167 e. The van der Waals surface area contributed by atoms with Gasteiger partial charge in [-0.15, -0.1) is 0 Å². The number of hydrogen-bond acceptors (Lipinski definition) is 9. The molecule has 10 heteroatoms. The number of fused-ring (bicyclic) bond motifs is 1. The Morgan fingerprint density at radius 2 is 1.84 bits per heavy atom. The minimum Gasteiger partial charge on any atom is -0.467 e. The molecule has 1 aliphatic rings. The number of ether oxygens (including phenoxy) is 1. The van der Waals surface area contributed by atoms with Crippen molar-refractivity contribution in [2.45, 2.75) is 31.1 Å². The van der Waals surface area contributed by atoms with Gasteiger partial charge < -0.3 is 29.4 Å². The molecule has 0 bridgehead atoms. The van der Waals surface area contributed by atoms with Crippen molar-refractivity contribution in [3.63, 3.8) is 0 Å². The van der Waals surface area contributed by atoms with Crippen LogP contribution in [-0.4, -0.2) is 59.8 Å². The first-order chi connectivity index (χ1) is 15.2. The molecule has 31 heavy (non-hydrogen) atoms. The van der Waals surface area contributed by atoms with E-state index in [1.807, 2.05) is 47.4 Å². The summed E-state index contributed by atoms with van der Waals surface area (Å²) in [7, 11) is 0. The van der Waals surface area contributed by atoms with Gasteiger partial charge in [-0.2, -0.15) is 0 Å². The van der Waals surface area contributed by atoms with Crippen LogP contribution in [0.5, 0.6) is 0 Å². The Morgan fingerprint density at radius 3 is 2.55 bits per heavy atom. The van der Waals surface area contributed by atoms with E-state index in [4.69, 9.17) is 9.15 Å². The van der Waals surface area contributed by atoms with Crippen LogP contribution in [0.1, 0.15) is 12.0 Å². The fraction of sp³-hybridized carbons (Fsp3) is 0.286. The topological polar surface area (TPSA) is 130 Å². The van der Waals surface area contributed by atoms with Crippen molar-refractivity contribution in [1.82, 2.24) is 19.5 Å². The number of benzene rings is 1. The quantitative estimate of drug-likeness (QED) is 0.421. The van der Waals surface area contributed by atoms with Gasteiger partial charge in [-0.1, -0.05) is 18.2 Å². The average Bonchev–Trinajstić information content (AvgIpc) is 3.53. The Labute approximate surface area is 177 Å². The summed E-state index contributed by atoms with van der Waals surface area (Å²) in [5.74, 6) is 1.30. The zero-order chi connectivity index (χ0) is 21.4. The number of aromatic nitrogens is 4. The molecular weight excluding hydrogens is 402 g/mol. The number of aliphatic hydroxyl groups excluding tert-OH is 3. The number of aliphatic hydroxyl groups is 3. The minimum atomic E-state index is -1.23. The van der Waals surface area contributed by atoms with Gasteiger partial charge in [0.25, 0.3) is 0 Å². The maximum atomic E-state index is 10.4. The molecule has 0 aliphatic carbocycles. The van der Waals surface area contributed by atoms with Gasteiger partial charge in [-0.05, 0) is 24.3 Å². The van der Waals surface area contributed by atoms with E-state index in [9.17, 15) is 15.3 Å². The molecule has 3 N–H and O–H groups in total. The van der Waals surface area contributed by atoms with Gasteiger partial charge in [0.2, 0.25) is 0 Å². The van der Waals surface area contributed by atoms with E-state index in [1.54, 1.807) is 10.8 Å². The smallest absolute Gasteiger partial charge is 0.167 e. The lowest BCUT2D eigenvalue weighted by molar-refractivity contribution is -0.0511. The summed E-state index contributed by atoms with van der Waals surface area (Å²) < 4.78 is 12.7. The van der Waals surface area contributed by atoms with Crippen molar-refractivity contribution in [1.29, 1.82) is 0 Å². The van der Waals surface area contributed by atoms with Crippen LogP contribution < -0.4 is 4.90 Å². The van der Waals surface area contributed by atoms with Gasteiger partial charge in [0.05, 0.1) is 25.7 Å². The molecule has 0 unspecified atom stereocenters. The number of para-hydroxylation sites is 1. The third kappa shape index (κ3) is 3.45. The molecule has 1 aliphatic heterocycles. The molecule has 1 aromatic carbocycles. The summed E-state index contributed by atoms with van der Waals surface area (Å²) in [6.07, 6.45) is 0.238. The van der Waals surface area contributed by atoms with E-state index in [-0.39, 0.29) is 0 Å². The number of nitrogens with zero attached hydrogens (tertiary/aromatic N) is 5. The van der Waals surface area contributed by atoms with Crippen molar-refractivity contribution < 1.29 is 24.5 Å². The highest BCUT2D eigenvalue weighted by Crippen LogP contribution is 2.34. The van der Waals surface area contributed by atoms with Crippen molar-refractivity contribution >= 4 is 22.7 Å². The summed E-state index contributed by atoms with van der Waals surface area (Å²) >= 11 is 0. The van der Waals surface area contributed by atoms with Gasteiger partial charge in [0, 0.05) is 5.69 Å².